The fraction of sp³-hybridized carbons (Fsp3) is 0.366. The number of benzene rings is 3. The molecular weight excluding hydrogens is 826 g/mol. The summed E-state index contributed by atoms with van der Waals surface area (Å²) in [5.41, 5.74) is 4.78. The molecule has 0 saturated heterocycles. The third kappa shape index (κ3) is 8.54. The molecule has 0 saturated carbocycles. The number of rotatable bonds is 9. The zero-order chi connectivity index (χ0) is 33.0. The number of nitrogens with zero attached hydrogens (tertiary/aromatic N) is 1. The van der Waals surface area contributed by atoms with Crippen molar-refractivity contribution in [1.29, 1.82) is 0 Å². The first-order chi connectivity index (χ1) is 22.0. The largest absolute Gasteiger partial charge is 0.512 e. The molecular formula is C41H46IrNO3Se-. The summed E-state index contributed by atoms with van der Waals surface area (Å²) in [6, 6.07) is 25.2. The van der Waals surface area contributed by atoms with E-state index >= 15 is 0 Å². The van der Waals surface area contributed by atoms with Gasteiger partial charge in [0.15, 0.2) is 5.78 Å². The van der Waals surface area contributed by atoms with Crippen molar-refractivity contribution in [2.45, 2.75) is 80.6 Å². The van der Waals surface area contributed by atoms with Gasteiger partial charge >= 0.3 is 187 Å². The molecule has 0 aliphatic heterocycles. The first-order valence-electron chi connectivity index (χ1n) is 16.6. The Morgan fingerprint density at radius 1 is 0.936 bits per heavy atom. The zero-order valence-corrected chi connectivity index (χ0v) is 32.7. The first-order valence-corrected chi connectivity index (χ1v) is 18.4. The van der Waals surface area contributed by atoms with Gasteiger partial charge in [0, 0.05) is 38.0 Å². The molecule has 6 heteroatoms. The summed E-state index contributed by atoms with van der Waals surface area (Å²) in [5, 5.41) is 14.5. The number of pyridine rings is 1. The van der Waals surface area contributed by atoms with Crippen molar-refractivity contribution < 1.29 is 34.4 Å². The van der Waals surface area contributed by atoms with E-state index in [1.165, 1.54) is 30.9 Å². The predicted molar refractivity (Wildman–Crippen MR) is 195 cm³/mol. The molecule has 6 aromatic rings. The van der Waals surface area contributed by atoms with E-state index in [2.05, 4.69) is 87.5 Å². The maximum Gasteiger partial charge on any atom is 0.162 e. The summed E-state index contributed by atoms with van der Waals surface area (Å²) in [6.07, 6.45) is 7.86. The molecule has 4 nitrogen and oxygen atoms in total. The summed E-state index contributed by atoms with van der Waals surface area (Å²) in [5.74, 6) is 1.48. The molecule has 1 radical (unpaired) electrons. The number of ketones is 1. The van der Waals surface area contributed by atoms with Crippen LogP contribution in [0.2, 0.25) is 0 Å². The summed E-state index contributed by atoms with van der Waals surface area (Å²) in [6.45, 7) is 14.9. The number of furan rings is 1. The Hall–Kier alpha value is -3.01. The Bertz CT molecular complexity index is 2000. The van der Waals surface area contributed by atoms with E-state index in [4.69, 9.17) is 9.40 Å². The maximum absolute atomic E-state index is 11.7. The van der Waals surface area contributed by atoms with Crippen molar-refractivity contribution in [1.82, 2.24) is 4.98 Å². The van der Waals surface area contributed by atoms with Gasteiger partial charge in [-0.25, -0.2) is 0 Å². The Kier molecular flexibility index (Phi) is 12.5. The van der Waals surface area contributed by atoms with Crippen LogP contribution in [0.3, 0.4) is 0 Å². The van der Waals surface area contributed by atoms with Gasteiger partial charge in [0.1, 0.15) is 0 Å². The number of aliphatic hydroxyl groups is 1. The second-order valence-electron chi connectivity index (χ2n) is 13.5. The van der Waals surface area contributed by atoms with E-state index in [1.54, 1.807) is 0 Å². The number of aliphatic hydroxyl groups excluding tert-OH is 1. The van der Waals surface area contributed by atoms with E-state index in [0.717, 1.165) is 65.3 Å². The molecule has 47 heavy (non-hydrogen) atoms. The topological polar surface area (TPSA) is 63.3 Å². The third-order valence-electron chi connectivity index (χ3n) is 8.77. The van der Waals surface area contributed by atoms with Crippen molar-refractivity contribution in [3.8, 4) is 11.3 Å². The van der Waals surface area contributed by atoms with Crippen molar-refractivity contribution in [2.75, 3.05) is 0 Å². The summed E-state index contributed by atoms with van der Waals surface area (Å²) >= 11 is 0.186. The standard InChI is InChI=1S/C28H22NOSe.C13H24O2.Ir/c1-28(2,3)16-17-8-9-23-20(12-17)14-24(30-23)21-10-11-29-26-22-13-18-6-4-5-7-19(18)15-25(22)31-27(21)26;1-5-10(6-2)12(14)9-13(15)11(7-3)8-4;/h4-12,14-15H,16H2,1-3H3;9-11,14H,5-8H2,1-4H3;/q-1;;/b;12-9-;. The van der Waals surface area contributed by atoms with Crippen molar-refractivity contribution >= 4 is 61.5 Å². The van der Waals surface area contributed by atoms with Crippen LogP contribution in [0, 0.1) is 23.3 Å². The fourth-order valence-corrected chi connectivity index (χ4v) is 8.65. The minimum Gasteiger partial charge on any atom is -0.512 e. The molecule has 3 aromatic carbocycles. The van der Waals surface area contributed by atoms with Crippen LogP contribution in [0.25, 0.3) is 52.5 Å². The number of allylic oxidation sites excluding steroid dienone is 2. The van der Waals surface area contributed by atoms with E-state index < -0.39 is 0 Å². The van der Waals surface area contributed by atoms with Gasteiger partial charge in [-0.2, -0.15) is 0 Å². The second-order valence-corrected chi connectivity index (χ2v) is 15.7. The van der Waals surface area contributed by atoms with Gasteiger partial charge < -0.3 is 5.11 Å². The number of hydrogen-bond acceptors (Lipinski definition) is 4. The van der Waals surface area contributed by atoms with E-state index in [1.807, 2.05) is 33.9 Å². The fourth-order valence-electron chi connectivity index (χ4n) is 6.16. The van der Waals surface area contributed by atoms with E-state index in [0.29, 0.717) is 0 Å². The minimum absolute atomic E-state index is 0. The molecule has 0 bridgehead atoms. The van der Waals surface area contributed by atoms with Crippen LogP contribution in [-0.4, -0.2) is 30.4 Å². The maximum atomic E-state index is 11.7. The van der Waals surface area contributed by atoms with Crippen molar-refractivity contribution in [2.24, 2.45) is 17.3 Å². The molecule has 1 N–H and O–H groups in total. The summed E-state index contributed by atoms with van der Waals surface area (Å²) in [7, 11) is 0. The van der Waals surface area contributed by atoms with Gasteiger partial charge in [-0.15, -0.1) is 0 Å². The molecule has 0 fully saturated rings. The Morgan fingerprint density at radius 2 is 1.64 bits per heavy atom. The quantitative estimate of drug-likeness (QED) is 0.0680. The van der Waals surface area contributed by atoms with Gasteiger partial charge in [0.25, 0.3) is 0 Å². The van der Waals surface area contributed by atoms with Crippen LogP contribution in [0.15, 0.2) is 83.1 Å². The van der Waals surface area contributed by atoms with Crippen LogP contribution < -0.4 is 0 Å². The van der Waals surface area contributed by atoms with Crippen molar-refractivity contribution in [3.63, 3.8) is 0 Å². The normalized spacial score (nSPS) is 12.2. The second kappa shape index (κ2) is 15.9. The number of carbonyl (C=O) groups excluding carboxylic acids is 1. The van der Waals surface area contributed by atoms with Gasteiger partial charge in [0.05, 0.1) is 5.76 Å². The van der Waals surface area contributed by atoms with Gasteiger partial charge in [-0.1, -0.05) is 27.7 Å². The third-order valence-corrected chi connectivity index (χ3v) is 11.2. The molecule has 0 aliphatic rings. The molecule has 0 spiro atoms. The number of aromatic nitrogens is 1. The van der Waals surface area contributed by atoms with Crippen LogP contribution in [0.4, 0.5) is 0 Å². The summed E-state index contributed by atoms with van der Waals surface area (Å²) in [4.78, 5) is 16.5. The molecule has 3 aromatic heterocycles. The Morgan fingerprint density at radius 3 is 2.32 bits per heavy atom. The average Bonchev–Trinajstić information content (AvgIpc) is 3.61. The molecule has 0 aliphatic carbocycles. The number of carbonyl (C=O) groups is 1. The minimum atomic E-state index is 0. The van der Waals surface area contributed by atoms with Crippen LogP contribution >= 0.6 is 0 Å². The molecule has 0 atom stereocenters. The summed E-state index contributed by atoms with van der Waals surface area (Å²) < 4.78 is 8.96. The SMILES string of the molecule is CC(C)(C)Cc1ccc2oc(-c3ccnc4c3[se]c3cc5ccccc5[c-]c34)cc2c1.CCC(CC)C(=O)/C=C(\O)C(CC)CC.[Ir]. The van der Waals surface area contributed by atoms with Gasteiger partial charge in [0.2, 0.25) is 0 Å². The first kappa shape index (κ1) is 36.8. The molecule has 6 rings (SSSR count). The molecule has 0 amide bonds. The monoisotopic (exact) mass is 873 g/mol. The van der Waals surface area contributed by atoms with E-state index in [9.17, 15) is 9.90 Å². The van der Waals surface area contributed by atoms with Crippen LogP contribution in [-0.2, 0) is 31.3 Å². The number of fused-ring (bicyclic) bond motifs is 5. The average molecular weight is 872 g/mol. The van der Waals surface area contributed by atoms with Crippen LogP contribution in [0.5, 0.6) is 0 Å². The van der Waals surface area contributed by atoms with Gasteiger partial charge in [-0.05, 0) is 25.7 Å². The van der Waals surface area contributed by atoms with Gasteiger partial charge in [-0.3, -0.25) is 4.79 Å². The Balaban J connectivity index is 0.000000269. The Labute approximate surface area is 298 Å². The molecule has 249 valence electrons. The van der Waals surface area contributed by atoms with E-state index in [-0.39, 0.29) is 63.4 Å². The molecule has 0 unspecified atom stereocenters. The van der Waals surface area contributed by atoms with Crippen molar-refractivity contribution in [3.05, 3.63) is 90.3 Å². The number of hydrogen-bond donors (Lipinski definition) is 1. The predicted octanol–water partition coefficient (Wildman–Crippen LogP) is 11.3. The van der Waals surface area contributed by atoms with Crippen LogP contribution in [0.1, 0.15) is 79.7 Å². The smallest absolute Gasteiger partial charge is 0.162 e. The molecule has 3 heterocycles. The zero-order valence-electron chi connectivity index (χ0n) is 28.6.